The van der Waals surface area contributed by atoms with Crippen molar-refractivity contribution in [1.29, 1.82) is 0 Å². The molecule has 3 N–H and O–H groups in total. The second kappa shape index (κ2) is 7.16. The molecule has 1 aliphatic heterocycles. The standard InChI is InChI=1S/C16H24FN3O3S/c1-16(2,3)20-24(22,23)14-10-12(4-5-13(14)17)19-15(21)11-6-8-18-9-7-11/h4-5,10-11,18,20H,6-9H2,1-3H3,(H,19,21). The van der Waals surface area contributed by atoms with E-state index in [1.165, 1.54) is 6.07 Å². The van der Waals surface area contributed by atoms with Crippen molar-refractivity contribution in [2.75, 3.05) is 18.4 Å². The van der Waals surface area contributed by atoms with Crippen LogP contribution in [0.5, 0.6) is 0 Å². The summed E-state index contributed by atoms with van der Waals surface area (Å²) >= 11 is 0. The number of hydrogen-bond donors (Lipinski definition) is 3. The summed E-state index contributed by atoms with van der Waals surface area (Å²) in [7, 11) is -4.02. The Labute approximate surface area is 142 Å². The molecule has 0 spiro atoms. The molecule has 134 valence electrons. The van der Waals surface area contributed by atoms with E-state index in [4.69, 9.17) is 0 Å². The van der Waals surface area contributed by atoms with Crippen LogP contribution in [0.15, 0.2) is 23.1 Å². The summed E-state index contributed by atoms with van der Waals surface area (Å²) in [5, 5.41) is 5.86. The Morgan fingerprint density at radius 3 is 2.46 bits per heavy atom. The van der Waals surface area contributed by atoms with Crippen LogP contribution in [0.1, 0.15) is 33.6 Å². The van der Waals surface area contributed by atoms with Crippen LogP contribution >= 0.6 is 0 Å². The smallest absolute Gasteiger partial charge is 0.244 e. The minimum Gasteiger partial charge on any atom is -0.326 e. The highest BCUT2D eigenvalue weighted by atomic mass is 32.2. The first-order valence-electron chi connectivity index (χ1n) is 7.94. The van der Waals surface area contributed by atoms with Crippen molar-refractivity contribution in [3.8, 4) is 0 Å². The molecular formula is C16H24FN3O3S. The highest BCUT2D eigenvalue weighted by molar-refractivity contribution is 7.89. The fourth-order valence-electron chi connectivity index (χ4n) is 2.57. The lowest BCUT2D eigenvalue weighted by Crippen LogP contribution is -2.40. The van der Waals surface area contributed by atoms with Crippen LogP contribution in [0.25, 0.3) is 0 Å². The molecular weight excluding hydrogens is 333 g/mol. The molecule has 1 amide bonds. The van der Waals surface area contributed by atoms with Gasteiger partial charge in [-0.05, 0) is 64.9 Å². The number of carbonyl (C=O) groups is 1. The van der Waals surface area contributed by atoms with Crippen molar-refractivity contribution in [3.05, 3.63) is 24.0 Å². The molecule has 0 aromatic heterocycles. The first kappa shape index (κ1) is 18.8. The second-order valence-corrected chi connectivity index (χ2v) is 8.67. The zero-order valence-electron chi connectivity index (χ0n) is 14.1. The maximum atomic E-state index is 14.0. The highest BCUT2D eigenvalue weighted by Gasteiger charge is 2.26. The summed E-state index contributed by atoms with van der Waals surface area (Å²) in [5.41, 5.74) is -0.464. The molecule has 1 fully saturated rings. The summed E-state index contributed by atoms with van der Waals surface area (Å²) in [4.78, 5) is 11.8. The van der Waals surface area contributed by atoms with Crippen LogP contribution in [0.3, 0.4) is 0 Å². The molecule has 0 saturated carbocycles. The molecule has 8 heteroatoms. The molecule has 6 nitrogen and oxygen atoms in total. The minimum absolute atomic E-state index is 0.121. The molecule has 1 aliphatic rings. The summed E-state index contributed by atoms with van der Waals surface area (Å²) in [5.74, 6) is -1.15. The highest BCUT2D eigenvalue weighted by Crippen LogP contribution is 2.22. The van der Waals surface area contributed by atoms with Gasteiger partial charge in [-0.15, -0.1) is 0 Å². The minimum atomic E-state index is -4.02. The molecule has 1 aromatic carbocycles. The van der Waals surface area contributed by atoms with E-state index in [1.54, 1.807) is 20.8 Å². The van der Waals surface area contributed by atoms with E-state index in [-0.39, 0.29) is 17.5 Å². The Morgan fingerprint density at radius 1 is 1.25 bits per heavy atom. The quantitative estimate of drug-likeness (QED) is 0.767. The summed E-state index contributed by atoms with van der Waals surface area (Å²) in [6, 6.07) is 3.57. The van der Waals surface area contributed by atoms with Gasteiger partial charge in [-0.25, -0.2) is 17.5 Å². The van der Waals surface area contributed by atoms with Gasteiger partial charge < -0.3 is 10.6 Å². The summed E-state index contributed by atoms with van der Waals surface area (Å²) in [6.07, 6.45) is 1.45. The van der Waals surface area contributed by atoms with Gasteiger partial charge in [-0.1, -0.05) is 0 Å². The second-order valence-electron chi connectivity index (χ2n) is 7.01. The van der Waals surface area contributed by atoms with Gasteiger partial charge in [-0.3, -0.25) is 4.79 Å². The predicted octanol–water partition coefficient (Wildman–Crippen LogP) is 1.84. The lowest BCUT2D eigenvalue weighted by atomic mass is 9.97. The third-order valence-corrected chi connectivity index (χ3v) is 5.41. The van der Waals surface area contributed by atoms with E-state index < -0.39 is 26.3 Å². The van der Waals surface area contributed by atoms with Crippen molar-refractivity contribution >= 4 is 21.6 Å². The van der Waals surface area contributed by atoms with Crippen molar-refractivity contribution < 1.29 is 17.6 Å². The number of piperidine rings is 1. The van der Waals surface area contributed by atoms with Crippen LogP contribution in [0.4, 0.5) is 10.1 Å². The zero-order valence-corrected chi connectivity index (χ0v) is 15.0. The molecule has 1 aromatic rings. The van der Waals surface area contributed by atoms with Crippen molar-refractivity contribution in [1.82, 2.24) is 10.0 Å². The number of rotatable bonds is 4. The molecule has 0 unspecified atom stereocenters. The van der Waals surface area contributed by atoms with E-state index in [0.717, 1.165) is 38.1 Å². The fraction of sp³-hybridized carbons (Fsp3) is 0.562. The number of sulfonamides is 1. The number of halogens is 1. The average molecular weight is 357 g/mol. The van der Waals surface area contributed by atoms with Crippen LogP contribution < -0.4 is 15.4 Å². The Hall–Kier alpha value is -1.51. The van der Waals surface area contributed by atoms with Crippen molar-refractivity contribution in [2.24, 2.45) is 5.92 Å². The van der Waals surface area contributed by atoms with Crippen LogP contribution in [-0.2, 0) is 14.8 Å². The number of hydrogen-bond acceptors (Lipinski definition) is 4. The van der Waals surface area contributed by atoms with E-state index >= 15 is 0 Å². The van der Waals surface area contributed by atoms with Gasteiger partial charge >= 0.3 is 0 Å². The maximum absolute atomic E-state index is 14.0. The Morgan fingerprint density at radius 2 is 1.88 bits per heavy atom. The molecule has 1 saturated heterocycles. The third kappa shape index (κ3) is 4.99. The Bertz CT molecular complexity index is 708. The first-order valence-corrected chi connectivity index (χ1v) is 9.42. The molecule has 0 aliphatic carbocycles. The lowest BCUT2D eigenvalue weighted by Gasteiger charge is -2.22. The van der Waals surface area contributed by atoms with E-state index in [2.05, 4.69) is 15.4 Å². The van der Waals surface area contributed by atoms with E-state index in [0.29, 0.717) is 0 Å². The molecule has 0 radical (unpaired) electrons. The predicted molar refractivity (Wildman–Crippen MR) is 90.7 cm³/mol. The van der Waals surface area contributed by atoms with Gasteiger partial charge in [0.25, 0.3) is 0 Å². The molecule has 24 heavy (non-hydrogen) atoms. The fourth-order valence-corrected chi connectivity index (χ4v) is 4.10. The monoisotopic (exact) mass is 357 g/mol. The summed E-state index contributed by atoms with van der Waals surface area (Å²) in [6.45, 7) is 6.56. The Kier molecular flexibility index (Phi) is 5.62. The van der Waals surface area contributed by atoms with E-state index in [1.807, 2.05) is 0 Å². The van der Waals surface area contributed by atoms with Crippen molar-refractivity contribution in [2.45, 2.75) is 44.0 Å². The van der Waals surface area contributed by atoms with Crippen LogP contribution in [0, 0.1) is 11.7 Å². The van der Waals surface area contributed by atoms with Crippen LogP contribution in [0.2, 0.25) is 0 Å². The van der Waals surface area contributed by atoms with Crippen molar-refractivity contribution in [3.63, 3.8) is 0 Å². The van der Waals surface area contributed by atoms with Gasteiger partial charge in [0.1, 0.15) is 10.7 Å². The molecule has 1 heterocycles. The molecule has 0 atom stereocenters. The third-order valence-electron chi connectivity index (χ3n) is 3.64. The van der Waals surface area contributed by atoms with Gasteiger partial charge in [0, 0.05) is 17.1 Å². The number of amides is 1. The number of anilines is 1. The average Bonchev–Trinajstić information content (AvgIpc) is 2.47. The molecule has 2 rings (SSSR count). The van der Waals surface area contributed by atoms with E-state index in [9.17, 15) is 17.6 Å². The topological polar surface area (TPSA) is 87.3 Å². The Balaban J connectivity index is 2.20. The first-order chi connectivity index (χ1) is 11.1. The molecule has 0 bridgehead atoms. The van der Waals surface area contributed by atoms with Gasteiger partial charge in [0.2, 0.25) is 15.9 Å². The largest absolute Gasteiger partial charge is 0.326 e. The van der Waals surface area contributed by atoms with Crippen LogP contribution in [-0.4, -0.2) is 33.0 Å². The number of benzene rings is 1. The number of nitrogens with one attached hydrogen (secondary N) is 3. The normalized spacial score (nSPS) is 16.8. The maximum Gasteiger partial charge on any atom is 0.244 e. The summed E-state index contributed by atoms with van der Waals surface area (Å²) < 4.78 is 41.1. The SMILES string of the molecule is CC(C)(C)NS(=O)(=O)c1cc(NC(=O)C2CCNCC2)ccc1F. The van der Waals surface area contributed by atoms with Gasteiger partial charge in [-0.2, -0.15) is 0 Å². The zero-order chi connectivity index (χ0) is 18.0. The number of carbonyl (C=O) groups excluding carboxylic acids is 1. The lowest BCUT2D eigenvalue weighted by molar-refractivity contribution is -0.120. The van der Waals surface area contributed by atoms with Gasteiger partial charge in [0.05, 0.1) is 0 Å². The van der Waals surface area contributed by atoms with Gasteiger partial charge in [0.15, 0.2) is 0 Å².